The largest absolute Gasteiger partial charge is 0.463 e. The molecule has 0 N–H and O–H groups in total. The van der Waals surface area contributed by atoms with Gasteiger partial charge in [0.1, 0.15) is 19.3 Å². The Balaban J connectivity index is 2.88. The minimum Gasteiger partial charge on any atom is -0.463 e. The van der Waals surface area contributed by atoms with Crippen molar-refractivity contribution >= 4 is 17.9 Å². The van der Waals surface area contributed by atoms with Gasteiger partial charge in [0.05, 0.1) is 6.10 Å². The highest BCUT2D eigenvalue weighted by molar-refractivity contribution is 5.67. The maximum Gasteiger partial charge on any atom is 0.303 e. The molecule has 128 valence electrons. The molecule has 0 aromatic rings. The minimum absolute atomic E-state index is 0.0458. The molecular formula is C15H20O8. The Hall–Kier alpha value is -2.11. The Bertz CT molecular complexity index is 480. The van der Waals surface area contributed by atoms with E-state index in [4.69, 9.17) is 30.1 Å². The van der Waals surface area contributed by atoms with Crippen LogP contribution in [-0.2, 0) is 38.1 Å². The second kappa shape index (κ2) is 9.12. The zero-order chi connectivity index (χ0) is 17.4. The maximum atomic E-state index is 11.3. The topological polar surface area (TPSA) is 97.4 Å². The molecule has 0 radical (unpaired) electrons. The number of terminal acetylenes is 1. The highest BCUT2D eigenvalue weighted by Gasteiger charge is 2.44. The van der Waals surface area contributed by atoms with E-state index >= 15 is 0 Å². The summed E-state index contributed by atoms with van der Waals surface area (Å²) in [6.45, 7) is 3.58. The molecule has 1 aliphatic rings. The molecule has 23 heavy (non-hydrogen) atoms. The molecular weight excluding hydrogens is 308 g/mol. The molecule has 0 aromatic heterocycles. The average molecular weight is 328 g/mol. The Morgan fingerprint density at radius 2 is 1.78 bits per heavy atom. The lowest BCUT2D eigenvalue weighted by atomic mass is 10.0. The lowest BCUT2D eigenvalue weighted by Crippen LogP contribution is -2.53. The quantitative estimate of drug-likeness (QED) is 0.387. The molecule has 0 spiro atoms. The molecule has 1 aliphatic heterocycles. The van der Waals surface area contributed by atoms with Gasteiger partial charge in [-0.3, -0.25) is 14.4 Å². The molecule has 0 bridgehead atoms. The average Bonchev–Trinajstić information content (AvgIpc) is 2.44. The molecule has 8 heteroatoms. The normalized spacial score (nSPS) is 26.7. The summed E-state index contributed by atoms with van der Waals surface area (Å²) in [5.74, 6) is 0.677. The maximum absolute atomic E-state index is 11.3. The van der Waals surface area contributed by atoms with Crippen LogP contribution in [-0.4, -0.2) is 55.7 Å². The van der Waals surface area contributed by atoms with E-state index in [-0.39, 0.29) is 19.6 Å². The molecule has 0 aromatic carbocycles. The van der Waals surface area contributed by atoms with Gasteiger partial charge in [0, 0.05) is 27.2 Å². The summed E-state index contributed by atoms with van der Waals surface area (Å²) in [4.78, 5) is 33.5. The van der Waals surface area contributed by atoms with Crippen molar-refractivity contribution in [3.05, 3.63) is 0 Å². The Labute approximate surface area is 134 Å². The smallest absolute Gasteiger partial charge is 0.303 e. The van der Waals surface area contributed by atoms with E-state index < -0.39 is 42.5 Å². The molecule has 0 amide bonds. The first-order valence-corrected chi connectivity index (χ1v) is 7.01. The highest BCUT2D eigenvalue weighted by atomic mass is 16.7. The zero-order valence-corrected chi connectivity index (χ0v) is 13.3. The van der Waals surface area contributed by atoms with E-state index in [1.54, 1.807) is 0 Å². The molecule has 0 aliphatic carbocycles. The van der Waals surface area contributed by atoms with E-state index in [9.17, 15) is 14.4 Å². The van der Waals surface area contributed by atoms with Gasteiger partial charge in [0.25, 0.3) is 0 Å². The predicted octanol–water partition coefficient (Wildman–Crippen LogP) is 0.178. The highest BCUT2D eigenvalue weighted by Crippen LogP contribution is 2.27. The summed E-state index contributed by atoms with van der Waals surface area (Å²) in [6.07, 6.45) is 1.95. The second-order valence-electron chi connectivity index (χ2n) is 4.90. The molecule has 0 saturated carbocycles. The number of hydrogen-bond donors (Lipinski definition) is 0. The van der Waals surface area contributed by atoms with Gasteiger partial charge in [-0.15, -0.1) is 6.42 Å². The van der Waals surface area contributed by atoms with Gasteiger partial charge in [-0.05, 0) is 0 Å². The molecule has 1 heterocycles. The van der Waals surface area contributed by atoms with Crippen molar-refractivity contribution in [3.63, 3.8) is 0 Å². The van der Waals surface area contributed by atoms with Gasteiger partial charge in [-0.2, -0.15) is 0 Å². The summed E-state index contributed by atoms with van der Waals surface area (Å²) in [6, 6.07) is 0. The molecule has 8 nitrogen and oxygen atoms in total. The third-order valence-electron chi connectivity index (χ3n) is 2.88. The van der Waals surface area contributed by atoms with E-state index in [1.165, 1.54) is 20.8 Å². The summed E-state index contributed by atoms with van der Waals surface area (Å²) < 4.78 is 26.2. The molecule has 4 atom stereocenters. The Kier molecular flexibility index (Phi) is 7.51. The van der Waals surface area contributed by atoms with Gasteiger partial charge < -0.3 is 23.7 Å². The first-order valence-electron chi connectivity index (χ1n) is 7.01. The SMILES string of the molecule is C#CCOC1O[C@H](COC(C)=O)CC(OC(C)=O)C1OC(C)=O. The molecule has 3 unspecified atom stereocenters. The van der Waals surface area contributed by atoms with Crippen LogP contribution in [0.1, 0.15) is 27.2 Å². The van der Waals surface area contributed by atoms with Crippen LogP contribution >= 0.6 is 0 Å². The van der Waals surface area contributed by atoms with E-state index in [2.05, 4.69) is 5.92 Å². The van der Waals surface area contributed by atoms with Crippen LogP contribution in [0.5, 0.6) is 0 Å². The predicted molar refractivity (Wildman–Crippen MR) is 75.8 cm³/mol. The summed E-state index contributed by atoms with van der Waals surface area (Å²) in [5.41, 5.74) is 0. The standard InChI is InChI=1S/C15H20O8/c1-5-6-19-15-14(22-11(4)18)13(21-10(3)17)7-12(23-15)8-20-9(2)16/h1,12-15H,6-8H2,2-4H3/t12-,13?,14?,15?/m0/s1. The number of carbonyl (C=O) groups excluding carboxylic acids is 3. The van der Waals surface area contributed by atoms with Crippen molar-refractivity contribution in [1.29, 1.82) is 0 Å². The van der Waals surface area contributed by atoms with Crippen LogP contribution < -0.4 is 0 Å². The third-order valence-corrected chi connectivity index (χ3v) is 2.88. The lowest BCUT2D eigenvalue weighted by Gasteiger charge is -2.39. The van der Waals surface area contributed by atoms with Gasteiger partial charge in [0.2, 0.25) is 0 Å². The van der Waals surface area contributed by atoms with E-state index in [0.717, 1.165) is 0 Å². The fraction of sp³-hybridized carbons (Fsp3) is 0.667. The molecule has 1 fully saturated rings. The Morgan fingerprint density at radius 3 is 2.30 bits per heavy atom. The summed E-state index contributed by atoms with van der Waals surface area (Å²) >= 11 is 0. The van der Waals surface area contributed by atoms with Crippen LogP contribution in [0, 0.1) is 12.3 Å². The van der Waals surface area contributed by atoms with Gasteiger partial charge in [-0.25, -0.2) is 0 Å². The van der Waals surface area contributed by atoms with E-state index in [0.29, 0.717) is 0 Å². The van der Waals surface area contributed by atoms with Gasteiger partial charge in [0.15, 0.2) is 12.4 Å². The van der Waals surface area contributed by atoms with Crippen molar-refractivity contribution in [2.75, 3.05) is 13.2 Å². The number of carbonyl (C=O) groups is 3. The summed E-state index contributed by atoms with van der Waals surface area (Å²) in [5, 5.41) is 0. The van der Waals surface area contributed by atoms with Crippen molar-refractivity contribution in [2.45, 2.75) is 51.8 Å². The molecule has 1 saturated heterocycles. The van der Waals surface area contributed by atoms with Crippen LogP contribution in [0.15, 0.2) is 0 Å². The van der Waals surface area contributed by atoms with Crippen LogP contribution in [0.25, 0.3) is 0 Å². The lowest BCUT2D eigenvalue weighted by molar-refractivity contribution is -0.275. The second-order valence-corrected chi connectivity index (χ2v) is 4.90. The first kappa shape index (κ1) is 18.9. The Morgan fingerprint density at radius 1 is 1.13 bits per heavy atom. The van der Waals surface area contributed by atoms with Crippen LogP contribution in [0.2, 0.25) is 0 Å². The number of hydrogen-bond acceptors (Lipinski definition) is 8. The van der Waals surface area contributed by atoms with Gasteiger partial charge in [-0.1, -0.05) is 5.92 Å². The van der Waals surface area contributed by atoms with Crippen LogP contribution in [0.4, 0.5) is 0 Å². The first-order chi connectivity index (χ1) is 10.8. The zero-order valence-electron chi connectivity index (χ0n) is 13.3. The minimum atomic E-state index is -1.03. The number of rotatable bonds is 6. The van der Waals surface area contributed by atoms with Crippen molar-refractivity contribution in [2.24, 2.45) is 0 Å². The van der Waals surface area contributed by atoms with Crippen LogP contribution in [0.3, 0.4) is 0 Å². The van der Waals surface area contributed by atoms with Gasteiger partial charge >= 0.3 is 17.9 Å². The summed E-state index contributed by atoms with van der Waals surface area (Å²) in [7, 11) is 0. The van der Waals surface area contributed by atoms with E-state index in [1.807, 2.05) is 0 Å². The fourth-order valence-electron chi connectivity index (χ4n) is 2.12. The van der Waals surface area contributed by atoms with Crippen molar-refractivity contribution in [3.8, 4) is 12.3 Å². The number of ether oxygens (including phenoxy) is 5. The monoisotopic (exact) mass is 328 g/mol. The van der Waals surface area contributed by atoms with Crippen molar-refractivity contribution < 1.29 is 38.1 Å². The fourth-order valence-corrected chi connectivity index (χ4v) is 2.12. The van der Waals surface area contributed by atoms with Crippen molar-refractivity contribution in [1.82, 2.24) is 0 Å². The number of esters is 3. The third kappa shape index (κ3) is 6.67. The molecule has 1 rings (SSSR count).